The average Bonchev–Trinajstić information content (AvgIpc) is 3.10. The molecule has 2 saturated carbocycles. The molecule has 1 saturated heterocycles. The number of aliphatic hydroxyl groups excluding tert-OH is 1. The molecule has 2 atom stereocenters. The molecule has 3 fully saturated rings. The Bertz CT molecular complexity index is 451. The SMILES string of the molecule is CCNC(=NCC1(N2CCOCC2)CCCCC1)NCC1CCCC1O.I. The van der Waals surface area contributed by atoms with Gasteiger partial charge in [-0.2, -0.15) is 0 Å². The van der Waals surface area contributed by atoms with Crippen molar-refractivity contribution in [2.45, 2.75) is 69.9 Å². The van der Waals surface area contributed by atoms with Gasteiger partial charge in [-0.15, -0.1) is 24.0 Å². The van der Waals surface area contributed by atoms with Crippen LogP contribution in [-0.4, -0.2) is 73.5 Å². The van der Waals surface area contributed by atoms with Crippen LogP contribution < -0.4 is 10.6 Å². The Labute approximate surface area is 181 Å². The van der Waals surface area contributed by atoms with E-state index in [9.17, 15) is 5.11 Å². The minimum atomic E-state index is -0.150. The van der Waals surface area contributed by atoms with Crippen molar-refractivity contribution in [1.82, 2.24) is 15.5 Å². The van der Waals surface area contributed by atoms with Crippen molar-refractivity contribution in [3.05, 3.63) is 0 Å². The van der Waals surface area contributed by atoms with Crippen LogP contribution in [0.2, 0.25) is 0 Å². The van der Waals surface area contributed by atoms with Gasteiger partial charge in [0.2, 0.25) is 0 Å². The molecule has 0 spiro atoms. The van der Waals surface area contributed by atoms with Crippen LogP contribution in [0.25, 0.3) is 0 Å². The Morgan fingerprint density at radius 3 is 2.48 bits per heavy atom. The number of ether oxygens (including phenoxy) is 1. The molecule has 0 bridgehead atoms. The predicted octanol–water partition coefficient (Wildman–Crippen LogP) is 2.36. The number of aliphatic hydroxyl groups is 1. The van der Waals surface area contributed by atoms with Crippen molar-refractivity contribution in [2.75, 3.05) is 45.9 Å². The van der Waals surface area contributed by atoms with Crippen LogP contribution in [0.3, 0.4) is 0 Å². The van der Waals surface area contributed by atoms with Crippen LogP contribution in [0.1, 0.15) is 58.3 Å². The number of rotatable bonds is 6. The molecule has 2 aliphatic carbocycles. The summed E-state index contributed by atoms with van der Waals surface area (Å²) in [6.07, 6.45) is 9.52. The summed E-state index contributed by atoms with van der Waals surface area (Å²) in [4.78, 5) is 7.64. The standard InChI is InChI=1S/C20H38N4O2.HI/c1-2-21-19(22-15-17-7-6-8-18(17)25)23-16-20(9-4-3-5-10-20)24-11-13-26-14-12-24;/h17-18,25H,2-16H2,1H3,(H2,21,22,23);1H. The molecule has 0 amide bonds. The lowest BCUT2D eigenvalue weighted by molar-refractivity contribution is -0.0333. The molecule has 3 rings (SSSR count). The molecule has 158 valence electrons. The van der Waals surface area contributed by atoms with E-state index in [0.29, 0.717) is 5.92 Å². The van der Waals surface area contributed by atoms with E-state index in [1.807, 2.05) is 0 Å². The Hall–Kier alpha value is -0.120. The zero-order valence-corrected chi connectivity index (χ0v) is 19.2. The first-order valence-corrected chi connectivity index (χ1v) is 10.8. The van der Waals surface area contributed by atoms with Crippen LogP contribution in [0.15, 0.2) is 4.99 Å². The van der Waals surface area contributed by atoms with Gasteiger partial charge in [0, 0.05) is 37.6 Å². The summed E-state index contributed by atoms with van der Waals surface area (Å²) in [7, 11) is 0. The van der Waals surface area contributed by atoms with Crippen LogP contribution in [0.5, 0.6) is 0 Å². The lowest BCUT2D eigenvalue weighted by Crippen LogP contribution is -2.56. The third kappa shape index (κ3) is 6.44. The topological polar surface area (TPSA) is 69.1 Å². The predicted molar refractivity (Wildman–Crippen MR) is 121 cm³/mol. The lowest BCUT2D eigenvalue weighted by Gasteiger charge is -2.47. The second-order valence-electron chi connectivity index (χ2n) is 8.22. The third-order valence-corrected chi connectivity index (χ3v) is 6.49. The highest BCUT2D eigenvalue weighted by atomic mass is 127. The van der Waals surface area contributed by atoms with E-state index in [4.69, 9.17) is 9.73 Å². The Morgan fingerprint density at radius 2 is 1.85 bits per heavy atom. The summed E-state index contributed by atoms with van der Waals surface area (Å²) < 4.78 is 5.58. The molecule has 1 aliphatic heterocycles. The zero-order chi connectivity index (χ0) is 18.2. The summed E-state index contributed by atoms with van der Waals surface area (Å²) in [6, 6.07) is 0. The van der Waals surface area contributed by atoms with Crippen molar-refractivity contribution in [3.63, 3.8) is 0 Å². The summed E-state index contributed by atoms with van der Waals surface area (Å²) in [6.45, 7) is 8.42. The second-order valence-corrected chi connectivity index (χ2v) is 8.22. The van der Waals surface area contributed by atoms with E-state index in [1.165, 1.54) is 32.1 Å². The Balaban J connectivity index is 0.00000261. The number of morpholine rings is 1. The molecular weight excluding hydrogens is 455 g/mol. The van der Waals surface area contributed by atoms with Crippen molar-refractivity contribution < 1.29 is 9.84 Å². The fraction of sp³-hybridized carbons (Fsp3) is 0.950. The highest BCUT2D eigenvalue weighted by Crippen LogP contribution is 2.34. The van der Waals surface area contributed by atoms with Gasteiger partial charge in [0.25, 0.3) is 0 Å². The van der Waals surface area contributed by atoms with Gasteiger partial charge in [-0.1, -0.05) is 25.7 Å². The molecule has 2 unspecified atom stereocenters. The molecule has 0 aromatic rings. The lowest BCUT2D eigenvalue weighted by atomic mass is 9.80. The summed E-state index contributed by atoms with van der Waals surface area (Å²) >= 11 is 0. The number of halogens is 1. The molecule has 6 nitrogen and oxygen atoms in total. The van der Waals surface area contributed by atoms with Gasteiger partial charge < -0.3 is 20.5 Å². The summed E-state index contributed by atoms with van der Waals surface area (Å²) in [5.41, 5.74) is 0.206. The first-order chi connectivity index (χ1) is 12.7. The van der Waals surface area contributed by atoms with E-state index in [0.717, 1.165) is 71.2 Å². The molecule has 1 heterocycles. The Morgan fingerprint density at radius 1 is 1.11 bits per heavy atom. The van der Waals surface area contributed by atoms with Gasteiger partial charge in [0.15, 0.2) is 5.96 Å². The maximum absolute atomic E-state index is 10.1. The van der Waals surface area contributed by atoms with Gasteiger partial charge in [-0.25, -0.2) is 0 Å². The van der Waals surface area contributed by atoms with Crippen LogP contribution >= 0.6 is 24.0 Å². The molecule has 0 aromatic carbocycles. The van der Waals surface area contributed by atoms with Crippen molar-refractivity contribution >= 4 is 29.9 Å². The molecule has 3 N–H and O–H groups in total. The average molecular weight is 494 g/mol. The van der Waals surface area contributed by atoms with Gasteiger partial charge in [-0.05, 0) is 32.6 Å². The normalized spacial score (nSPS) is 29.2. The number of aliphatic imine (C=N–C) groups is 1. The maximum Gasteiger partial charge on any atom is 0.191 e. The van der Waals surface area contributed by atoms with E-state index in [2.05, 4.69) is 22.5 Å². The first-order valence-electron chi connectivity index (χ1n) is 10.8. The minimum absolute atomic E-state index is 0. The highest BCUT2D eigenvalue weighted by Gasteiger charge is 2.38. The van der Waals surface area contributed by atoms with E-state index in [1.54, 1.807) is 0 Å². The van der Waals surface area contributed by atoms with E-state index >= 15 is 0 Å². The van der Waals surface area contributed by atoms with Crippen LogP contribution in [-0.2, 0) is 4.74 Å². The number of hydrogen-bond acceptors (Lipinski definition) is 4. The third-order valence-electron chi connectivity index (χ3n) is 6.49. The second kappa shape index (κ2) is 11.8. The summed E-state index contributed by atoms with van der Waals surface area (Å²) in [5, 5.41) is 16.9. The van der Waals surface area contributed by atoms with Crippen molar-refractivity contribution in [1.29, 1.82) is 0 Å². The quantitative estimate of drug-likeness (QED) is 0.301. The monoisotopic (exact) mass is 494 g/mol. The van der Waals surface area contributed by atoms with E-state index in [-0.39, 0.29) is 35.6 Å². The largest absolute Gasteiger partial charge is 0.393 e. The van der Waals surface area contributed by atoms with Crippen molar-refractivity contribution in [3.8, 4) is 0 Å². The molecule has 7 heteroatoms. The highest BCUT2D eigenvalue weighted by molar-refractivity contribution is 14.0. The molecule has 0 radical (unpaired) electrons. The van der Waals surface area contributed by atoms with Crippen molar-refractivity contribution in [2.24, 2.45) is 10.9 Å². The summed E-state index contributed by atoms with van der Waals surface area (Å²) in [5.74, 6) is 1.27. The molecule has 0 aromatic heterocycles. The number of hydrogen-bond donors (Lipinski definition) is 3. The zero-order valence-electron chi connectivity index (χ0n) is 16.9. The fourth-order valence-electron chi connectivity index (χ4n) is 4.87. The maximum atomic E-state index is 10.1. The number of guanidine groups is 1. The minimum Gasteiger partial charge on any atom is -0.393 e. The van der Waals surface area contributed by atoms with Crippen LogP contribution in [0.4, 0.5) is 0 Å². The van der Waals surface area contributed by atoms with Gasteiger partial charge in [-0.3, -0.25) is 9.89 Å². The van der Waals surface area contributed by atoms with Gasteiger partial charge in [0.1, 0.15) is 0 Å². The molecular formula is C20H39IN4O2. The first kappa shape index (κ1) is 23.2. The van der Waals surface area contributed by atoms with Gasteiger partial charge in [0.05, 0.1) is 25.9 Å². The van der Waals surface area contributed by atoms with E-state index < -0.39 is 0 Å². The van der Waals surface area contributed by atoms with Gasteiger partial charge >= 0.3 is 0 Å². The number of nitrogens with one attached hydrogen (secondary N) is 2. The smallest absolute Gasteiger partial charge is 0.191 e. The molecule has 27 heavy (non-hydrogen) atoms. The Kier molecular flexibility index (Phi) is 10.1. The number of nitrogens with zero attached hydrogens (tertiary/aromatic N) is 2. The molecule has 3 aliphatic rings. The van der Waals surface area contributed by atoms with Crippen LogP contribution in [0, 0.1) is 5.92 Å². The fourth-order valence-corrected chi connectivity index (χ4v) is 4.87.